The van der Waals surface area contributed by atoms with Crippen molar-refractivity contribution in [1.82, 2.24) is 9.62 Å². The van der Waals surface area contributed by atoms with Crippen molar-refractivity contribution in [2.75, 3.05) is 18.0 Å². The molecule has 0 spiro atoms. The van der Waals surface area contributed by atoms with Gasteiger partial charge in [-0.3, -0.25) is 14.5 Å². The van der Waals surface area contributed by atoms with Gasteiger partial charge < -0.3 is 5.32 Å². The zero-order chi connectivity index (χ0) is 25.2. The van der Waals surface area contributed by atoms with Gasteiger partial charge in [0.25, 0.3) is 0 Å². The third-order valence-electron chi connectivity index (χ3n) is 6.34. The SMILES string of the molecule is Cc1ccc(S(=O)(=O)N2CC(=O)N(c3ccccc3C)[C@](C)(C(=O)NCc3ccccc3)C2)cc1. The molecule has 3 aromatic carbocycles. The van der Waals surface area contributed by atoms with Crippen molar-refractivity contribution in [2.45, 2.75) is 37.8 Å². The minimum absolute atomic E-state index is 0.0901. The van der Waals surface area contributed by atoms with Gasteiger partial charge in [0.05, 0.1) is 11.4 Å². The van der Waals surface area contributed by atoms with Gasteiger partial charge in [-0.25, -0.2) is 8.42 Å². The first-order chi connectivity index (χ1) is 16.6. The molecule has 7 nitrogen and oxygen atoms in total. The van der Waals surface area contributed by atoms with E-state index in [9.17, 15) is 18.0 Å². The summed E-state index contributed by atoms with van der Waals surface area (Å²) in [6.07, 6.45) is 0. The Labute approximate surface area is 206 Å². The van der Waals surface area contributed by atoms with Gasteiger partial charge in [-0.1, -0.05) is 66.2 Å². The Hall–Kier alpha value is -3.49. The Kier molecular flexibility index (Phi) is 6.78. The molecule has 0 saturated carbocycles. The highest BCUT2D eigenvalue weighted by atomic mass is 32.2. The number of hydrogen-bond acceptors (Lipinski definition) is 4. The third kappa shape index (κ3) is 4.85. The Morgan fingerprint density at radius 1 is 0.943 bits per heavy atom. The van der Waals surface area contributed by atoms with Gasteiger partial charge in [0, 0.05) is 18.8 Å². The predicted octanol–water partition coefficient (Wildman–Crippen LogP) is 3.42. The van der Waals surface area contributed by atoms with E-state index in [1.807, 2.05) is 56.3 Å². The Balaban J connectivity index is 1.72. The van der Waals surface area contributed by atoms with Gasteiger partial charge in [0.1, 0.15) is 5.54 Å². The largest absolute Gasteiger partial charge is 0.350 e. The van der Waals surface area contributed by atoms with Crippen molar-refractivity contribution >= 4 is 27.5 Å². The second-order valence-electron chi connectivity index (χ2n) is 9.04. The van der Waals surface area contributed by atoms with E-state index in [2.05, 4.69) is 5.32 Å². The number of sulfonamides is 1. The number of benzene rings is 3. The van der Waals surface area contributed by atoms with Crippen LogP contribution in [0.1, 0.15) is 23.6 Å². The molecular formula is C27H29N3O4S. The molecule has 1 fully saturated rings. The monoisotopic (exact) mass is 491 g/mol. The number of anilines is 1. The van der Waals surface area contributed by atoms with E-state index in [-0.39, 0.29) is 24.5 Å². The number of carbonyl (C=O) groups excluding carboxylic acids is 2. The molecule has 1 heterocycles. The highest BCUT2D eigenvalue weighted by molar-refractivity contribution is 7.89. The van der Waals surface area contributed by atoms with Crippen LogP contribution in [-0.2, 0) is 26.2 Å². The number of hydrogen-bond donors (Lipinski definition) is 1. The number of amides is 2. The fourth-order valence-electron chi connectivity index (χ4n) is 4.35. The van der Waals surface area contributed by atoms with E-state index in [1.54, 1.807) is 31.2 Å². The molecule has 1 aliphatic rings. The molecule has 1 atom stereocenters. The van der Waals surface area contributed by atoms with Crippen LogP contribution in [0.25, 0.3) is 0 Å². The van der Waals surface area contributed by atoms with Crippen LogP contribution in [0.2, 0.25) is 0 Å². The minimum Gasteiger partial charge on any atom is -0.350 e. The van der Waals surface area contributed by atoms with Gasteiger partial charge >= 0.3 is 0 Å². The standard InChI is InChI=1S/C27H29N3O4S/c1-20-13-15-23(16-14-20)35(33,34)29-18-25(31)30(24-12-8-7-9-21(24)2)27(3,19-29)26(32)28-17-22-10-5-4-6-11-22/h4-16H,17-19H2,1-3H3,(H,28,32)/t27-/m0/s1. The van der Waals surface area contributed by atoms with Crippen LogP contribution in [-0.4, -0.2) is 43.2 Å². The van der Waals surface area contributed by atoms with Crippen LogP contribution in [0, 0.1) is 13.8 Å². The van der Waals surface area contributed by atoms with Crippen molar-refractivity contribution in [2.24, 2.45) is 0 Å². The van der Waals surface area contributed by atoms with Crippen LogP contribution in [0.4, 0.5) is 5.69 Å². The molecule has 0 aliphatic carbocycles. The first-order valence-corrected chi connectivity index (χ1v) is 12.8. The van der Waals surface area contributed by atoms with E-state index < -0.39 is 27.4 Å². The molecule has 35 heavy (non-hydrogen) atoms. The number of nitrogens with one attached hydrogen (secondary N) is 1. The van der Waals surface area contributed by atoms with Gasteiger partial charge in [0.2, 0.25) is 21.8 Å². The molecular weight excluding hydrogens is 462 g/mol. The smallest absolute Gasteiger partial charge is 0.247 e. The topological polar surface area (TPSA) is 86.8 Å². The number of nitrogens with zero attached hydrogens (tertiary/aromatic N) is 2. The fourth-order valence-corrected chi connectivity index (χ4v) is 5.83. The van der Waals surface area contributed by atoms with Crippen molar-refractivity contribution in [3.05, 3.63) is 95.6 Å². The number of para-hydroxylation sites is 1. The summed E-state index contributed by atoms with van der Waals surface area (Å²) in [5.41, 5.74) is 1.77. The number of carbonyl (C=O) groups is 2. The summed E-state index contributed by atoms with van der Waals surface area (Å²) in [6.45, 7) is 5.08. The summed E-state index contributed by atoms with van der Waals surface area (Å²) in [5.74, 6) is -0.889. The quantitative estimate of drug-likeness (QED) is 0.573. The van der Waals surface area contributed by atoms with Crippen molar-refractivity contribution in [3.8, 4) is 0 Å². The van der Waals surface area contributed by atoms with E-state index in [1.165, 1.54) is 17.0 Å². The second-order valence-corrected chi connectivity index (χ2v) is 11.0. The van der Waals surface area contributed by atoms with Gasteiger partial charge in [-0.2, -0.15) is 4.31 Å². The van der Waals surface area contributed by atoms with Gasteiger partial charge in [0.15, 0.2) is 0 Å². The summed E-state index contributed by atoms with van der Waals surface area (Å²) in [4.78, 5) is 28.7. The zero-order valence-corrected chi connectivity index (χ0v) is 20.9. The maximum atomic E-state index is 13.7. The van der Waals surface area contributed by atoms with Crippen LogP contribution >= 0.6 is 0 Å². The first kappa shape index (κ1) is 24.6. The summed E-state index contributed by atoms with van der Waals surface area (Å²) in [6, 6.07) is 23.2. The minimum atomic E-state index is -3.99. The lowest BCUT2D eigenvalue weighted by Crippen LogP contribution is -2.70. The Morgan fingerprint density at radius 3 is 2.23 bits per heavy atom. The number of rotatable bonds is 6. The van der Waals surface area contributed by atoms with Crippen LogP contribution in [0.5, 0.6) is 0 Å². The van der Waals surface area contributed by atoms with E-state index in [4.69, 9.17) is 0 Å². The molecule has 1 aliphatic heterocycles. The molecule has 0 bridgehead atoms. The average molecular weight is 492 g/mol. The lowest BCUT2D eigenvalue weighted by atomic mass is 9.93. The van der Waals surface area contributed by atoms with Gasteiger partial charge in [-0.15, -0.1) is 0 Å². The van der Waals surface area contributed by atoms with Crippen LogP contribution in [0.3, 0.4) is 0 Å². The van der Waals surface area contributed by atoms with E-state index >= 15 is 0 Å². The summed E-state index contributed by atoms with van der Waals surface area (Å²) in [5, 5.41) is 2.91. The number of aryl methyl sites for hydroxylation is 2. The lowest BCUT2D eigenvalue weighted by Gasteiger charge is -2.47. The van der Waals surface area contributed by atoms with E-state index in [0.29, 0.717) is 5.69 Å². The fraction of sp³-hybridized carbons (Fsp3) is 0.259. The molecule has 0 unspecified atom stereocenters. The van der Waals surface area contributed by atoms with E-state index in [0.717, 1.165) is 21.0 Å². The summed E-state index contributed by atoms with van der Waals surface area (Å²) in [7, 11) is -3.99. The van der Waals surface area contributed by atoms with Crippen molar-refractivity contribution in [3.63, 3.8) is 0 Å². The van der Waals surface area contributed by atoms with Crippen molar-refractivity contribution in [1.29, 1.82) is 0 Å². The highest BCUT2D eigenvalue weighted by Crippen LogP contribution is 2.34. The third-order valence-corrected chi connectivity index (χ3v) is 8.14. The van der Waals surface area contributed by atoms with Crippen LogP contribution in [0.15, 0.2) is 83.8 Å². The molecule has 2 amide bonds. The molecule has 0 aromatic heterocycles. The Morgan fingerprint density at radius 2 is 1.57 bits per heavy atom. The summed E-state index contributed by atoms with van der Waals surface area (Å²) < 4.78 is 28.0. The normalized spacial score (nSPS) is 18.9. The Bertz CT molecular complexity index is 1340. The number of piperazine rings is 1. The average Bonchev–Trinajstić information content (AvgIpc) is 2.84. The highest BCUT2D eigenvalue weighted by Gasteiger charge is 2.51. The summed E-state index contributed by atoms with van der Waals surface area (Å²) >= 11 is 0. The van der Waals surface area contributed by atoms with Crippen molar-refractivity contribution < 1.29 is 18.0 Å². The molecule has 0 radical (unpaired) electrons. The first-order valence-electron chi connectivity index (χ1n) is 11.4. The van der Waals surface area contributed by atoms with Crippen LogP contribution < -0.4 is 10.2 Å². The second kappa shape index (κ2) is 9.64. The predicted molar refractivity (Wildman–Crippen MR) is 135 cm³/mol. The molecule has 8 heteroatoms. The molecule has 4 rings (SSSR count). The zero-order valence-electron chi connectivity index (χ0n) is 20.1. The molecule has 3 aromatic rings. The lowest BCUT2D eigenvalue weighted by molar-refractivity contribution is -0.133. The maximum Gasteiger partial charge on any atom is 0.247 e. The molecule has 1 N–H and O–H groups in total. The maximum absolute atomic E-state index is 13.7. The molecule has 182 valence electrons. The van der Waals surface area contributed by atoms with Gasteiger partial charge in [-0.05, 0) is 50.1 Å². The molecule has 1 saturated heterocycles.